The number of benzene rings is 2. The maximum atomic E-state index is 13.7. The Balaban J connectivity index is 2.00. The molecule has 2 aromatic carbocycles. The summed E-state index contributed by atoms with van der Waals surface area (Å²) in [6.07, 6.45) is -0.343. The molecule has 146 valence electrons. The van der Waals surface area contributed by atoms with E-state index >= 15 is 0 Å². The van der Waals surface area contributed by atoms with Gasteiger partial charge in [0.15, 0.2) is 29.2 Å². The smallest absolute Gasteiger partial charge is 0.261 e. The summed E-state index contributed by atoms with van der Waals surface area (Å²) in [5, 5.41) is 2.83. The molecular weight excluding hydrogens is 349 g/mol. The standard InChI is InChI=1S/C21H26FNO4/c1-4-17(27-18-10-8-7-9-16(18)22)21(24)23-14-15-11-12-19(25-5-2)20(13-15)26-6-3/h7-13,17H,4-6,14H2,1-3H3,(H,23,24)/t17-/m1/s1. The maximum absolute atomic E-state index is 13.7. The summed E-state index contributed by atoms with van der Waals surface area (Å²) in [6, 6.07) is 11.6. The molecule has 0 aromatic heterocycles. The second kappa shape index (κ2) is 10.4. The highest BCUT2D eigenvalue weighted by molar-refractivity contribution is 5.81. The van der Waals surface area contributed by atoms with Crippen LogP contribution in [0.5, 0.6) is 17.2 Å². The SMILES string of the molecule is CCOc1ccc(CNC(=O)[C@@H](CC)Oc2ccccc2F)cc1OCC. The summed E-state index contributed by atoms with van der Waals surface area (Å²) in [6.45, 7) is 6.99. The lowest BCUT2D eigenvalue weighted by atomic mass is 10.2. The average Bonchev–Trinajstić information content (AvgIpc) is 2.67. The normalized spacial score (nSPS) is 11.6. The number of ether oxygens (including phenoxy) is 3. The summed E-state index contributed by atoms with van der Waals surface area (Å²) < 4.78 is 30.4. The number of para-hydroxylation sites is 1. The molecule has 27 heavy (non-hydrogen) atoms. The molecule has 0 spiro atoms. The predicted molar refractivity (Wildman–Crippen MR) is 102 cm³/mol. The Labute approximate surface area is 159 Å². The lowest BCUT2D eigenvalue weighted by Crippen LogP contribution is -2.37. The Hall–Kier alpha value is -2.76. The van der Waals surface area contributed by atoms with E-state index in [1.54, 1.807) is 12.1 Å². The van der Waals surface area contributed by atoms with Crippen LogP contribution in [0.3, 0.4) is 0 Å². The van der Waals surface area contributed by atoms with Gasteiger partial charge in [-0.15, -0.1) is 0 Å². The van der Waals surface area contributed by atoms with Crippen molar-refractivity contribution in [2.45, 2.75) is 39.8 Å². The summed E-state index contributed by atoms with van der Waals surface area (Å²) in [7, 11) is 0. The molecule has 0 unspecified atom stereocenters. The van der Waals surface area contributed by atoms with Crippen LogP contribution in [0.25, 0.3) is 0 Å². The van der Waals surface area contributed by atoms with Crippen LogP contribution in [-0.2, 0) is 11.3 Å². The van der Waals surface area contributed by atoms with Gasteiger partial charge in [-0.2, -0.15) is 0 Å². The molecule has 0 saturated carbocycles. The molecule has 1 amide bonds. The molecule has 0 radical (unpaired) electrons. The van der Waals surface area contributed by atoms with Crippen molar-refractivity contribution >= 4 is 5.91 Å². The molecule has 0 saturated heterocycles. The fourth-order valence-electron chi connectivity index (χ4n) is 2.52. The zero-order chi connectivity index (χ0) is 19.6. The van der Waals surface area contributed by atoms with Crippen molar-refractivity contribution in [2.75, 3.05) is 13.2 Å². The van der Waals surface area contributed by atoms with Gasteiger partial charge in [0.05, 0.1) is 13.2 Å². The first-order valence-electron chi connectivity index (χ1n) is 9.16. The molecule has 2 aromatic rings. The highest BCUT2D eigenvalue weighted by Crippen LogP contribution is 2.28. The molecule has 0 aliphatic carbocycles. The maximum Gasteiger partial charge on any atom is 0.261 e. The van der Waals surface area contributed by atoms with E-state index in [1.807, 2.05) is 39.0 Å². The molecule has 0 aliphatic heterocycles. The average molecular weight is 375 g/mol. The number of nitrogens with one attached hydrogen (secondary N) is 1. The Morgan fingerprint density at radius 1 is 1.00 bits per heavy atom. The second-order valence-electron chi connectivity index (χ2n) is 5.81. The van der Waals surface area contributed by atoms with Gasteiger partial charge in [0.25, 0.3) is 5.91 Å². The molecule has 2 rings (SSSR count). The fraction of sp³-hybridized carbons (Fsp3) is 0.381. The van der Waals surface area contributed by atoms with Crippen LogP contribution in [-0.4, -0.2) is 25.2 Å². The number of rotatable bonds is 10. The Bertz CT molecular complexity index is 751. The minimum absolute atomic E-state index is 0.0687. The van der Waals surface area contributed by atoms with Crippen LogP contribution >= 0.6 is 0 Å². The van der Waals surface area contributed by atoms with E-state index in [0.29, 0.717) is 37.7 Å². The van der Waals surface area contributed by atoms with Gasteiger partial charge in [0, 0.05) is 6.54 Å². The van der Waals surface area contributed by atoms with Gasteiger partial charge >= 0.3 is 0 Å². The van der Waals surface area contributed by atoms with E-state index in [0.717, 1.165) is 5.56 Å². The molecule has 1 atom stereocenters. The van der Waals surface area contributed by atoms with Gasteiger partial charge in [-0.1, -0.05) is 25.1 Å². The third-order valence-corrected chi connectivity index (χ3v) is 3.84. The van der Waals surface area contributed by atoms with Crippen LogP contribution in [0.15, 0.2) is 42.5 Å². The fourth-order valence-corrected chi connectivity index (χ4v) is 2.52. The minimum atomic E-state index is -0.768. The third-order valence-electron chi connectivity index (χ3n) is 3.84. The van der Waals surface area contributed by atoms with Crippen molar-refractivity contribution in [3.05, 3.63) is 53.8 Å². The van der Waals surface area contributed by atoms with E-state index in [2.05, 4.69) is 5.32 Å². The predicted octanol–water partition coefficient (Wildman–Crippen LogP) is 4.10. The summed E-state index contributed by atoms with van der Waals surface area (Å²) in [4.78, 5) is 12.4. The van der Waals surface area contributed by atoms with E-state index < -0.39 is 11.9 Å². The third kappa shape index (κ3) is 5.88. The number of halogens is 1. The largest absolute Gasteiger partial charge is 0.490 e. The van der Waals surface area contributed by atoms with Crippen LogP contribution in [0.2, 0.25) is 0 Å². The van der Waals surface area contributed by atoms with Crippen LogP contribution < -0.4 is 19.5 Å². The van der Waals surface area contributed by atoms with Crippen molar-refractivity contribution in [3.63, 3.8) is 0 Å². The molecule has 0 aliphatic rings. The zero-order valence-electron chi connectivity index (χ0n) is 16.0. The number of amides is 1. The van der Waals surface area contributed by atoms with Crippen molar-refractivity contribution in [2.24, 2.45) is 0 Å². The topological polar surface area (TPSA) is 56.8 Å². The van der Waals surface area contributed by atoms with E-state index in [1.165, 1.54) is 12.1 Å². The van der Waals surface area contributed by atoms with Gasteiger partial charge in [-0.3, -0.25) is 4.79 Å². The van der Waals surface area contributed by atoms with Crippen molar-refractivity contribution < 1.29 is 23.4 Å². The Kier molecular flexibility index (Phi) is 7.92. The van der Waals surface area contributed by atoms with E-state index in [-0.39, 0.29) is 11.7 Å². The van der Waals surface area contributed by atoms with E-state index in [9.17, 15) is 9.18 Å². The number of carbonyl (C=O) groups is 1. The summed E-state index contributed by atoms with van der Waals surface area (Å²) in [5.74, 6) is 0.591. The lowest BCUT2D eigenvalue weighted by molar-refractivity contribution is -0.128. The number of carbonyl (C=O) groups excluding carboxylic acids is 1. The molecule has 1 N–H and O–H groups in total. The van der Waals surface area contributed by atoms with Gasteiger partial charge in [-0.25, -0.2) is 4.39 Å². The van der Waals surface area contributed by atoms with Crippen molar-refractivity contribution in [1.82, 2.24) is 5.32 Å². The van der Waals surface area contributed by atoms with Gasteiger partial charge < -0.3 is 19.5 Å². The first kappa shape index (κ1) is 20.6. The highest BCUT2D eigenvalue weighted by Gasteiger charge is 2.19. The monoisotopic (exact) mass is 375 g/mol. The lowest BCUT2D eigenvalue weighted by Gasteiger charge is -2.18. The number of hydrogen-bond acceptors (Lipinski definition) is 4. The van der Waals surface area contributed by atoms with Crippen molar-refractivity contribution in [1.29, 1.82) is 0 Å². The van der Waals surface area contributed by atoms with E-state index in [4.69, 9.17) is 14.2 Å². The highest BCUT2D eigenvalue weighted by atomic mass is 19.1. The van der Waals surface area contributed by atoms with Crippen LogP contribution in [0.1, 0.15) is 32.8 Å². The zero-order valence-corrected chi connectivity index (χ0v) is 16.0. The van der Waals surface area contributed by atoms with Gasteiger partial charge in [0.2, 0.25) is 0 Å². The van der Waals surface area contributed by atoms with Gasteiger partial charge in [-0.05, 0) is 50.1 Å². The van der Waals surface area contributed by atoms with Gasteiger partial charge in [0.1, 0.15) is 0 Å². The number of hydrogen-bond donors (Lipinski definition) is 1. The molecular formula is C21H26FNO4. The first-order chi connectivity index (χ1) is 13.1. The van der Waals surface area contributed by atoms with Crippen LogP contribution in [0, 0.1) is 5.82 Å². The molecule has 5 nitrogen and oxygen atoms in total. The first-order valence-corrected chi connectivity index (χ1v) is 9.16. The molecule has 6 heteroatoms. The minimum Gasteiger partial charge on any atom is -0.490 e. The summed E-state index contributed by atoms with van der Waals surface area (Å²) in [5.41, 5.74) is 0.871. The molecule has 0 fully saturated rings. The second-order valence-corrected chi connectivity index (χ2v) is 5.81. The Morgan fingerprint density at radius 2 is 1.70 bits per heavy atom. The quantitative estimate of drug-likeness (QED) is 0.679. The summed E-state index contributed by atoms with van der Waals surface area (Å²) >= 11 is 0. The molecule has 0 heterocycles. The van der Waals surface area contributed by atoms with Crippen LogP contribution in [0.4, 0.5) is 4.39 Å². The Morgan fingerprint density at radius 3 is 2.37 bits per heavy atom. The van der Waals surface area contributed by atoms with Crippen molar-refractivity contribution in [3.8, 4) is 17.2 Å². The molecule has 0 bridgehead atoms.